The number of ether oxygens (including phenoxy) is 1. The summed E-state index contributed by atoms with van der Waals surface area (Å²) in [4.78, 5) is 15.0. The molecule has 3 aromatic heterocycles. The molecule has 0 fully saturated rings. The van der Waals surface area contributed by atoms with Crippen molar-refractivity contribution in [1.29, 1.82) is 0 Å². The molecule has 35 heavy (non-hydrogen) atoms. The van der Waals surface area contributed by atoms with Gasteiger partial charge in [-0.25, -0.2) is 36.5 Å². The van der Waals surface area contributed by atoms with Gasteiger partial charge in [0.2, 0.25) is 0 Å². The van der Waals surface area contributed by atoms with Gasteiger partial charge < -0.3 is 20.4 Å². The average molecular weight is 504 g/mol. The number of H-pyrrole nitrogens is 1. The van der Waals surface area contributed by atoms with Crippen LogP contribution in [0.3, 0.4) is 0 Å². The summed E-state index contributed by atoms with van der Waals surface area (Å²) in [6, 6.07) is 8.32. The van der Waals surface area contributed by atoms with E-state index in [4.69, 9.17) is 4.74 Å². The van der Waals surface area contributed by atoms with Crippen LogP contribution >= 0.6 is 0 Å². The van der Waals surface area contributed by atoms with E-state index >= 15 is 0 Å². The minimum Gasteiger partial charge on any atom is -0.376 e. The topological polar surface area (TPSA) is 122 Å². The molecule has 0 spiro atoms. The maximum atomic E-state index is 13.8. The number of aromatic nitrogens is 4. The second kappa shape index (κ2) is 8.82. The summed E-state index contributed by atoms with van der Waals surface area (Å²) in [6.07, 6.45) is -1.28. The highest BCUT2D eigenvalue weighted by atomic mass is 32.2. The van der Waals surface area contributed by atoms with Crippen LogP contribution in [0.25, 0.3) is 11.2 Å². The molecule has 0 amide bonds. The number of hydrogen-bond donors (Lipinski definition) is 3. The van der Waals surface area contributed by atoms with Gasteiger partial charge in [-0.2, -0.15) is 0 Å². The van der Waals surface area contributed by atoms with E-state index in [1.165, 1.54) is 12.1 Å². The van der Waals surface area contributed by atoms with Crippen LogP contribution in [-0.2, 0) is 27.6 Å². The molecular formula is C22H19F3N6O3S. The zero-order chi connectivity index (χ0) is 24.7. The molecule has 4 heterocycles. The first-order valence-corrected chi connectivity index (χ1v) is 12.4. The Morgan fingerprint density at radius 1 is 1.03 bits per heavy atom. The van der Waals surface area contributed by atoms with E-state index in [1.54, 1.807) is 6.07 Å². The maximum Gasteiger partial charge on any atom is 0.295 e. The van der Waals surface area contributed by atoms with E-state index in [2.05, 4.69) is 30.6 Å². The van der Waals surface area contributed by atoms with Gasteiger partial charge in [0, 0.05) is 18.7 Å². The van der Waals surface area contributed by atoms with Gasteiger partial charge in [0.15, 0.2) is 21.3 Å². The Morgan fingerprint density at radius 2 is 1.86 bits per heavy atom. The number of hydrogen-bond acceptors (Lipinski definition) is 8. The highest BCUT2D eigenvalue weighted by Gasteiger charge is 2.20. The first kappa shape index (κ1) is 23.1. The number of pyridine rings is 2. The van der Waals surface area contributed by atoms with Gasteiger partial charge in [-0.15, -0.1) is 0 Å². The summed E-state index contributed by atoms with van der Waals surface area (Å²) in [6.45, 7) is 1.04. The van der Waals surface area contributed by atoms with Crippen molar-refractivity contribution in [3.63, 3.8) is 0 Å². The van der Waals surface area contributed by atoms with Crippen LogP contribution in [0.5, 0.6) is 0 Å². The smallest absolute Gasteiger partial charge is 0.295 e. The molecule has 0 radical (unpaired) electrons. The number of halogens is 3. The number of fused-ring (bicyclic) bond motifs is 2. The van der Waals surface area contributed by atoms with Crippen molar-refractivity contribution in [3.8, 4) is 0 Å². The molecule has 13 heteroatoms. The van der Waals surface area contributed by atoms with Crippen LogP contribution < -0.4 is 10.6 Å². The normalized spacial score (nSPS) is 13.7. The van der Waals surface area contributed by atoms with Crippen LogP contribution in [-0.4, -0.2) is 41.2 Å². The van der Waals surface area contributed by atoms with E-state index in [0.717, 1.165) is 29.6 Å². The summed E-state index contributed by atoms with van der Waals surface area (Å²) in [5.74, 6) is -0.605. The van der Waals surface area contributed by atoms with Gasteiger partial charge in [-0.1, -0.05) is 6.07 Å². The molecule has 0 saturated carbocycles. The molecule has 0 saturated heterocycles. The molecule has 1 aliphatic heterocycles. The Balaban J connectivity index is 1.58. The van der Waals surface area contributed by atoms with E-state index in [-0.39, 0.29) is 33.3 Å². The predicted molar refractivity (Wildman–Crippen MR) is 123 cm³/mol. The van der Waals surface area contributed by atoms with Crippen LogP contribution in [0.1, 0.15) is 23.5 Å². The lowest BCUT2D eigenvalue weighted by atomic mass is 10.1. The van der Waals surface area contributed by atoms with Crippen molar-refractivity contribution in [1.82, 2.24) is 19.9 Å². The van der Waals surface area contributed by atoms with Gasteiger partial charge in [0.1, 0.15) is 23.0 Å². The average Bonchev–Trinajstić information content (AvgIpc) is 3.24. The molecule has 9 nitrogen and oxygen atoms in total. The Bertz CT molecular complexity index is 1540. The Hall–Kier alpha value is -3.71. The van der Waals surface area contributed by atoms with Crippen molar-refractivity contribution in [2.75, 3.05) is 23.5 Å². The fourth-order valence-corrected chi connectivity index (χ4v) is 4.60. The standard InChI is InChI=1S/C22H19F3N6O3S/c1-35(32,33)16-8-12(23)3-4-14(16)26-15-9-18(29-21-19(15)30-22(31-21)20(24)25)28-17-5-2-11-10-34-7-6-13(11)27-17/h2-5,8-9,20H,6-7,10H2,1H3,(H3,26,27,28,29,30,31). The van der Waals surface area contributed by atoms with Crippen molar-refractivity contribution in [3.05, 3.63) is 59.3 Å². The number of sulfone groups is 1. The monoisotopic (exact) mass is 504 g/mol. The zero-order valence-corrected chi connectivity index (χ0v) is 19.1. The first-order chi connectivity index (χ1) is 16.7. The van der Waals surface area contributed by atoms with Gasteiger partial charge in [0.25, 0.3) is 6.43 Å². The molecule has 1 aliphatic rings. The van der Waals surface area contributed by atoms with Gasteiger partial charge in [-0.3, -0.25) is 0 Å². The third kappa shape index (κ3) is 4.77. The minimum atomic E-state index is -3.81. The van der Waals surface area contributed by atoms with Crippen molar-refractivity contribution in [2.45, 2.75) is 24.3 Å². The van der Waals surface area contributed by atoms with E-state index < -0.39 is 27.9 Å². The van der Waals surface area contributed by atoms with Crippen molar-refractivity contribution >= 4 is 44.0 Å². The lowest BCUT2D eigenvalue weighted by Gasteiger charge is -2.17. The van der Waals surface area contributed by atoms with Crippen molar-refractivity contribution < 1.29 is 26.3 Å². The Morgan fingerprint density at radius 3 is 2.63 bits per heavy atom. The van der Waals surface area contributed by atoms with Gasteiger partial charge >= 0.3 is 0 Å². The second-order valence-corrected chi connectivity index (χ2v) is 9.93. The SMILES string of the molecule is CS(=O)(=O)c1cc(F)ccc1Nc1cc(Nc2ccc3c(n2)CCOC3)nc2[nH]c(C(F)F)nc12. The summed E-state index contributed by atoms with van der Waals surface area (Å²) in [5.41, 5.74) is 2.20. The molecule has 0 bridgehead atoms. The van der Waals surface area contributed by atoms with Crippen LogP contribution in [0.2, 0.25) is 0 Å². The first-order valence-electron chi connectivity index (χ1n) is 10.5. The highest BCUT2D eigenvalue weighted by Crippen LogP contribution is 2.33. The molecule has 4 aromatic rings. The molecule has 1 aromatic carbocycles. The van der Waals surface area contributed by atoms with Crippen LogP contribution in [0.4, 0.5) is 36.2 Å². The number of aromatic amines is 1. The number of rotatable bonds is 6. The number of imidazole rings is 1. The number of benzene rings is 1. The maximum absolute atomic E-state index is 13.8. The Kier molecular flexibility index (Phi) is 5.81. The summed E-state index contributed by atoms with van der Waals surface area (Å²) < 4.78 is 70.3. The number of nitrogens with zero attached hydrogens (tertiary/aromatic N) is 3. The minimum absolute atomic E-state index is 0.0437. The lowest BCUT2D eigenvalue weighted by Crippen LogP contribution is -2.12. The quantitative estimate of drug-likeness (QED) is 0.353. The second-order valence-electron chi connectivity index (χ2n) is 7.94. The third-order valence-corrected chi connectivity index (χ3v) is 6.49. The Labute approximate surface area is 197 Å². The molecule has 182 valence electrons. The number of alkyl halides is 2. The van der Waals surface area contributed by atoms with E-state index in [9.17, 15) is 21.6 Å². The summed E-state index contributed by atoms with van der Waals surface area (Å²) in [7, 11) is -3.81. The fourth-order valence-electron chi connectivity index (χ4n) is 3.75. The molecule has 0 unspecified atom stereocenters. The predicted octanol–water partition coefficient (Wildman–Crippen LogP) is 4.39. The largest absolute Gasteiger partial charge is 0.376 e. The molecule has 5 rings (SSSR count). The number of anilines is 4. The molecule has 3 N–H and O–H groups in total. The van der Waals surface area contributed by atoms with Crippen LogP contribution in [0.15, 0.2) is 41.3 Å². The zero-order valence-electron chi connectivity index (χ0n) is 18.3. The van der Waals surface area contributed by atoms with Crippen LogP contribution in [0, 0.1) is 5.82 Å². The highest BCUT2D eigenvalue weighted by molar-refractivity contribution is 7.90. The van der Waals surface area contributed by atoms with Gasteiger partial charge in [-0.05, 0) is 29.8 Å². The summed E-state index contributed by atoms with van der Waals surface area (Å²) in [5, 5.41) is 5.94. The molecule has 0 aliphatic carbocycles. The molecular weight excluding hydrogens is 485 g/mol. The summed E-state index contributed by atoms with van der Waals surface area (Å²) >= 11 is 0. The lowest BCUT2D eigenvalue weighted by molar-refractivity contribution is 0.109. The third-order valence-electron chi connectivity index (χ3n) is 5.36. The van der Waals surface area contributed by atoms with E-state index in [0.29, 0.717) is 25.5 Å². The molecule has 0 atom stereocenters. The fraction of sp³-hybridized carbons (Fsp3) is 0.227. The number of nitrogens with one attached hydrogen (secondary N) is 3. The van der Waals surface area contributed by atoms with E-state index in [1.807, 2.05) is 6.07 Å². The van der Waals surface area contributed by atoms with Crippen molar-refractivity contribution in [2.24, 2.45) is 0 Å². The van der Waals surface area contributed by atoms with Gasteiger partial charge in [0.05, 0.1) is 35.2 Å².